The van der Waals surface area contributed by atoms with Gasteiger partial charge in [0.1, 0.15) is 0 Å². The summed E-state index contributed by atoms with van der Waals surface area (Å²) < 4.78 is 33.0. The largest absolute Gasteiger partial charge is 0.339 e. The van der Waals surface area contributed by atoms with E-state index in [1.165, 1.54) is 12.0 Å². The van der Waals surface area contributed by atoms with E-state index in [9.17, 15) is 8.42 Å². The Balaban J connectivity index is 1.39. The fraction of sp³-hybridized carbons (Fsp3) is 0.300. The summed E-state index contributed by atoms with van der Waals surface area (Å²) in [5, 5.41) is 3.94. The van der Waals surface area contributed by atoms with Crippen molar-refractivity contribution in [2.45, 2.75) is 37.0 Å². The number of aryl methyl sites for hydroxylation is 2. The molecule has 0 amide bonds. The van der Waals surface area contributed by atoms with Crippen molar-refractivity contribution >= 4 is 10.0 Å². The number of fused-ring (bicyclic) bond motifs is 1. The Bertz CT molecular complexity index is 1030. The fourth-order valence-corrected chi connectivity index (χ4v) is 4.40. The molecule has 7 heteroatoms. The van der Waals surface area contributed by atoms with Crippen LogP contribution in [-0.4, -0.2) is 25.1 Å². The van der Waals surface area contributed by atoms with Gasteiger partial charge in [0.15, 0.2) is 0 Å². The molecule has 0 saturated carbocycles. The van der Waals surface area contributed by atoms with Gasteiger partial charge < -0.3 is 4.52 Å². The van der Waals surface area contributed by atoms with Crippen LogP contribution in [0.5, 0.6) is 0 Å². The lowest BCUT2D eigenvalue weighted by molar-refractivity contribution is 0.379. The van der Waals surface area contributed by atoms with Gasteiger partial charge in [-0.15, -0.1) is 0 Å². The molecular weight excluding hydrogens is 362 g/mol. The molecule has 0 saturated heterocycles. The van der Waals surface area contributed by atoms with E-state index in [4.69, 9.17) is 4.52 Å². The monoisotopic (exact) mass is 383 g/mol. The van der Waals surface area contributed by atoms with Gasteiger partial charge in [0.05, 0.1) is 4.90 Å². The Labute approximate surface area is 158 Å². The zero-order valence-corrected chi connectivity index (χ0v) is 15.7. The summed E-state index contributed by atoms with van der Waals surface area (Å²) in [5.41, 5.74) is 3.27. The van der Waals surface area contributed by atoms with Gasteiger partial charge in [-0.2, -0.15) is 4.98 Å². The second-order valence-electron chi connectivity index (χ2n) is 6.66. The van der Waals surface area contributed by atoms with Crippen molar-refractivity contribution in [1.82, 2.24) is 14.9 Å². The maximum Gasteiger partial charge on any atom is 0.240 e. The number of rotatable bonds is 6. The normalized spacial score (nSPS) is 14.1. The standard InChI is InChI=1S/C20H21N3O3S/c24-27(25,18-11-10-15-6-4-5-9-17(15)14-18)21-13-12-19-22-20(23-26-19)16-7-2-1-3-8-16/h1-3,7-8,10-11,14,21H,4-6,9,12-13H2. The number of nitrogens with zero attached hydrogens (tertiary/aromatic N) is 2. The third-order valence-electron chi connectivity index (χ3n) is 4.76. The molecule has 1 aliphatic carbocycles. The second-order valence-corrected chi connectivity index (χ2v) is 8.43. The van der Waals surface area contributed by atoms with Crippen molar-refractivity contribution in [2.24, 2.45) is 0 Å². The highest BCUT2D eigenvalue weighted by Crippen LogP contribution is 2.24. The molecule has 1 aromatic heterocycles. The van der Waals surface area contributed by atoms with E-state index >= 15 is 0 Å². The maximum absolute atomic E-state index is 12.6. The lowest BCUT2D eigenvalue weighted by atomic mass is 9.92. The number of aromatic nitrogens is 2. The molecule has 0 atom stereocenters. The molecule has 6 nitrogen and oxygen atoms in total. The van der Waals surface area contributed by atoms with Gasteiger partial charge in [0.2, 0.25) is 21.7 Å². The van der Waals surface area contributed by atoms with Crippen LogP contribution in [0.1, 0.15) is 29.9 Å². The Morgan fingerprint density at radius 2 is 1.78 bits per heavy atom. The van der Waals surface area contributed by atoms with Crippen LogP contribution in [0.3, 0.4) is 0 Å². The molecule has 140 valence electrons. The summed E-state index contributed by atoms with van der Waals surface area (Å²) >= 11 is 0. The van der Waals surface area contributed by atoms with Crippen LogP contribution in [0, 0.1) is 0 Å². The first-order valence-corrected chi connectivity index (χ1v) is 10.6. The maximum atomic E-state index is 12.6. The molecule has 2 aromatic carbocycles. The topological polar surface area (TPSA) is 85.1 Å². The molecule has 0 unspecified atom stereocenters. The van der Waals surface area contributed by atoms with Gasteiger partial charge in [-0.05, 0) is 48.9 Å². The molecule has 0 fully saturated rings. The summed E-state index contributed by atoms with van der Waals surface area (Å²) in [4.78, 5) is 4.64. The number of benzene rings is 2. The van der Waals surface area contributed by atoms with Gasteiger partial charge in [-0.1, -0.05) is 41.6 Å². The van der Waals surface area contributed by atoms with E-state index < -0.39 is 10.0 Å². The van der Waals surface area contributed by atoms with Crippen molar-refractivity contribution < 1.29 is 12.9 Å². The smallest absolute Gasteiger partial charge is 0.240 e. The van der Waals surface area contributed by atoms with E-state index in [1.54, 1.807) is 12.1 Å². The summed E-state index contributed by atoms with van der Waals surface area (Å²) in [5.74, 6) is 0.908. The molecule has 1 aliphatic rings. The number of hydrogen-bond donors (Lipinski definition) is 1. The average Bonchev–Trinajstić information content (AvgIpc) is 3.17. The minimum Gasteiger partial charge on any atom is -0.339 e. The van der Waals surface area contributed by atoms with Gasteiger partial charge in [0, 0.05) is 18.5 Å². The Morgan fingerprint density at radius 1 is 1.00 bits per heavy atom. The minimum absolute atomic E-state index is 0.204. The van der Waals surface area contributed by atoms with E-state index in [-0.39, 0.29) is 6.54 Å². The van der Waals surface area contributed by atoms with Crippen LogP contribution in [0.2, 0.25) is 0 Å². The van der Waals surface area contributed by atoms with E-state index in [0.717, 1.165) is 30.4 Å². The lowest BCUT2D eigenvalue weighted by Gasteiger charge is -2.16. The predicted molar refractivity (Wildman–Crippen MR) is 102 cm³/mol. The summed E-state index contributed by atoms with van der Waals surface area (Å²) in [7, 11) is -3.55. The average molecular weight is 383 g/mol. The van der Waals surface area contributed by atoms with Crippen molar-refractivity contribution in [1.29, 1.82) is 0 Å². The van der Waals surface area contributed by atoms with Gasteiger partial charge >= 0.3 is 0 Å². The molecule has 27 heavy (non-hydrogen) atoms. The van der Waals surface area contributed by atoms with Crippen LogP contribution < -0.4 is 4.72 Å². The van der Waals surface area contributed by atoms with Crippen molar-refractivity contribution in [3.63, 3.8) is 0 Å². The highest BCUT2D eigenvalue weighted by Gasteiger charge is 2.18. The first-order valence-electron chi connectivity index (χ1n) is 9.11. The lowest BCUT2D eigenvalue weighted by Crippen LogP contribution is -2.26. The highest BCUT2D eigenvalue weighted by molar-refractivity contribution is 7.89. The first kappa shape index (κ1) is 17.9. The van der Waals surface area contributed by atoms with Crippen molar-refractivity contribution in [3.8, 4) is 11.4 Å². The fourth-order valence-electron chi connectivity index (χ4n) is 3.31. The zero-order valence-electron chi connectivity index (χ0n) is 14.9. The zero-order chi connectivity index (χ0) is 18.7. The van der Waals surface area contributed by atoms with E-state index in [0.29, 0.717) is 23.0 Å². The molecule has 1 N–H and O–H groups in total. The summed E-state index contributed by atoms with van der Waals surface area (Å²) in [6, 6.07) is 14.9. The van der Waals surface area contributed by atoms with Crippen LogP contribution in [0.4, 0.5) is 0 Å². The molecule has 0 radical (unpaired) electrons. The SMILES string of the molecule is O=S(=O)(NCCc1nc(-c2ccccc2)no1)c1ccc2c(c1)CCCC2. The molecule has 0 bridgehead atoms. The molecular formula is C20H21N3O3S. The van der Waals surface area contributed by atoms with Crippen molar-refractivity contribution in [2.75, 3.05) is 6.54 Å². The number of hydrogen-bond acceptors (Lipinski definition) is 5. The van der Waals surface area contributed by atoms with Crippen LogP contribution in [0.25, 0.3) is 11.4 Å². The number of sulfonamides is 1. The van der Waals surface area contributed by atoms with Crippen LogP contribution in [-0.2, 0) is 29.3 Å². The summed E-state index contributed by atoms with van der Waals surface area (Å²) in [6.45, 7) is 0.204. The third kappa shape index (κ3) is 4.09. The van der Waals surface area contributed by atoms with Crippen molar-refractivity contribution in [3.05, 3.63) is 65.5 Å². The molecule has 0 spiro atoms. The Morgan fingerprint density at radius 3 is 2.59 bits per heavy atom. The molecule has 0 aliphatic heterocycles. The summed E-state index contributed by atoms with van der Waals surface area (Å²) in [6.07, 6.45) is 4.61. The quantitative estimate of drug-likeness (QED) is 0.707. The van der Waals surface area contributed by atoms with E-state index in [1.807, 2.05) is 36.4 Å². The Kier molecular flexibility index (Phi) is 5.05. The van der Waals surface area contributed by atoms with Gasteiger partial charge in [0.25, 0.3) is 0 Å². The Hall–Kier alpha value is -2.51. The third-order valence-corrected chi connectivity index (χ3v) is 6.22. The first-order chi connectivity index (χ1) is 13.1. The van der Waals surface area contributed by atoms with Gasteiger partial charge in [-0.3, -0.25) is 0 Å². The highest BCUT2D eigenvalue weighted by atomic mass is 32.2. The number of nitrogens with one attached hydrogen (secondary N) is 1. The van der Waals surface area contributed by atoms with Crippen LogP contribution in [0.15, 0.2) is 57.9 Å². The molecule has 3 aromatic rings. The minimum atomic E-state index is -3.55. The second kappa shape index (κ2) is 7.62. The molecule has 4 rings (SSSR count). The van der Waals surface area contributed by atoms with Gasteiger partial charge in [-0.25, -0.2) is 13.1 Å². The van der Waals surface area contributed by atoms with E-state index in [2.05, 4.69) is 14.9 Å². The molecule has 1 heterocycles. The predicted octanol–water partition coefficient (Wildman–Crippen LogP) is 3.14. The van der Waals surface area contributed by atoms with Crippen LogP contribution >= 0.6 is 0 Å².